The van der Waals surface area contributed by atoms with Crippen molar-refractivity contribution in [1.82, 2.24) is 4.98 Å². The maximum Gasteiger partial charge on any atom is 0.124 e. The highest BCUT2D eigenvalue weighted by Gasteiger charge is 2.19. The van der Waals surface area contributed by atoms with Gasteiger partial charge in [0.2, 0.25) is 0 Å². The fourth-order valence-corrected chi connectivity index (χ4v) is 4.35. The van der Waals surface area contributed by atoms with Gasteiger partial charge in [-0.15, -0.1) is 11.3 Å². The fraction of sp³-hybridized carbons (Fsp3) is 0.208. The lowest BCUT2D eigenvalue weighted by Crippen LogP contribution is -2.10. The van der Waals surface area contributed by atoms with Crippen LogP contribution in [0.1, 0.15) is 31.9 Å². The Bertz CT molecular complexity index is 1070. The van der Waals surface area contributed by atoms with Crippen LogP contribution in [-0.4, -0.2) is 4.98 Å². The number of fused-ring (bicyclic) bond motifs is 1. The van der Waals surface area contributed by atoms with Crippen LogP contribution in [0.2, 0.25) is 0 Å². The molecular formula is C24H23NS. The molecule has 0 amide bonds. The van der Waals surface area contributed by atoms with Gasteiger partial charge in [0.25, 0.3) is 0 Å². The SMILES string of the molecule is Cc1ccccc1-c1nc2c(-c3ccccc3)cc(C(C)(C)C)cc2s1. The molecule has 0 spiro atoms. The number of nitrogens with zero attached hydrogens (tertiary/aromatic N) is 1. The molecule has 1 nitrogen and oxygen atoms in total. The van der Waals surface area contributed by atoms with Crippen LogP contribution in [-0.2, 0) is 5.41 Å². The highest BCUT2D eigenvalue weighted by molar-refractivity contribution is 7.21. The molecule has 0 saturated carbocycles. The molecule has 0 aliphatic carbocycles. The Morgan fingerprint density at radius 1 is 0.808 bits per heavy atom. The Kier molecular flexibility index (Phi) is 4.16. The van der Waals surface area contributed by atoms with Crippen LogP contribution >= 0.6 is 11.3 Å². The Balaban J connectivity index is 2.01. The third-order valence-corrected chi connectivity index (χ3v) is 5.86. The summed E-state index contributed by atoms with van der Waals surface area (Å²) in [6, 6.07) is 23.7. The van der Waals surface area contributed by atoms with Crippen molar-refractivity contribution in [3.8, 4) is 21.7 Å². The van der Waals surface area contributed by atoms with Gasteiger partial charge in [-0.05, 0) is 41.2 Å². The van der Waals surface area contributed by atoms with E-state index in [9.17, 15) is 0 Å². The molecule has 0 aliphatic rings. The molecule has 0 atom stereocenters. The predicted octanol–water partition coefficient (Wildman–Crippen LogP) is 7.24. The lowest BCUT2D eigenvalue weighted by molar-refractivity contribution is 0.591. The van der Waals surface area contributed by atoms with Gasteiger partial charge < -0.3 is 0 Å². The van der Waals surface area contributed by atoms with Crippen LogP contribution < -0.4 is 0 Å². The van der Waals surface area contributed by atoms with Gasteiger partial charge in [0, 0.05) is 11.1 Å². The smallest absolute Gasteiger partial charge is 0.124 e. The zero-order chi connectivity index (χ0) is 18.3. The first kappa shape index (κ1) is 17.0. The standard InChI is InChI=1S/C24H23NS/c1-16-10-8-9-13-19(16)23-25-22-20(17-11-6-5-7-12-17)14-18(24(2,3)4)15-21(22)26-23/h5-15H,1-4H3. The predicted molar refractivity (Wildman–Crippen MR) is 114 cm³/mol. The van der Waals surface area contributed by atoms with E-state index in [-0.39, 0.29) is 5.41 Å². The summed E-state index contributed by atoms with van der Waals surface area (Å²) in [7, 11) is 0. The molecular weight excluding hydrogens is 334 g/mol. The second kappa shape index (κ2) is 6.37. The Hall–Kier alpha value is -2.45. The maximum atomic E-state index is 5.06. The third-order valence-electron chi connectivity index (χ3n) is 4.82. The molecule has 2 heteroatoms. The molecule has 1 aromatic heterocycles. The largest absolute Gasteiger partial charge is 0.235 e. The monoisotopic (exact) mass is 357 g/mol. The van der Waals surface area contributed by atoms with Crippen LogP contribution in [0.4, 0.5) is 0 Å². The minimum atomic E-state index is 0.102. The number of hydrogen-bond donors (Lipinski definition) is 0. The maximum absolute atomic E-state index is 5.06. The van der Waals surface area contributed by atoms with Crippen molar-refractivity contribution in [3.63, 3.8) is 0 Å². The molecule has 4 rings (SSSR count). The van der Waals surface area contributed by atoms with E-state index in [0.717, 1.165) is 10.5 Å². The Labute approximate surface area is 159 Å². The molecule has 0 aliphatic heterocycles. The van der Waals surface area contributed by atoms with Crippen molar-refractivity contribution in [1.29, 1.82) is 0 Å². The van der Waals surface area contributed by atoms with E-state index in [1.54, 1.807) is 11.3 Å². The van der Waals surface area contributed by atoms with Gasteiger partial charge in [0.15, 0.2) is 0 Å². The van der Waals surface area contributed by atoms with Crippen molar-refractivity contribution in [2.45, 2.75) is 33.1 Å². The summed E-state index contributed by atoms with van der Waals surface area (Å²) >= 11 is 1.79. The van der Waals surface area contributed by atoms with Crippen LogP contribution in [0.5, 0.6) is 0 Å². The summed E-state index contributed by atoms with van der Waals surface area (Å²) in [5.74, 6) is 0. The second-order valence-electron chi connectivity index (χ2n) is 7.82. The minimum absolute atomic E-state index is 0.102. The van der Waals surface area contributed by atoms with Crippen molar-refractivity contribution in [2.24, 2.45) is 0 Å². The fourth-order valence-electron chi connectivity index (χ4n) is 3.23. The lowest BCUT2D eigenvalue weighted by atomic mass is 9.85. The molecule has 3 aromatic carbocycles. The van der Waals surface area contributed by atoms with Crippen molar-refractivity contribution < 1.29 is 0 Å². The molecule has 0 unspecified atom stereocenters. The molecule has 0 saturated heterocycles. The second-order valence-corrected chi connectivity index (χ2v) is 8.85. The van der Waals surface area contributed by atoms with Gasteiger partial charge in [0.1, 0.15) is 5.01 Å². The number of benzene rings is 3. The molecule has 0 fully saturated rings. The number of hydrogen-bond acceptors (Lipinski definition) is 2. The zero-order valence-electron chi connectivity index (χ0n) is 15.7. The van der Waals surface area contributed by atoms with Crippen LogP contribution in [0, 0.1) is 6.92 Å². The summed E-state index contributed by atoms with van der Waals surface area (Å²) < 4.78 is 1.26. The van der Waals surface area contributed by atoms with E-state index in [0.29, 0.717) is 0 Å². The Morgan fingerprint density at radius 3 is 2.19 bits per heavy atom. The van der Waals surface area contributed by atoms with E-state index in [1.807, 2.05) is 0 Å². The number of aryl methyl sites for hydroxylation is 1. The van der Waals surface area contributed by atoms with Gasteiger partial charge in [-0.1, -0.05) is 75.4 Å². The molecule has 0 bridgehead atoms. The first-order valence-corrected chi connectivity index (χ1v) is 9.81. The van der Waals surface area contributed by atoms with Crippen molar-refractivity contribution in [3.05, 3.63) is 77.9 Å². The van der Waals surface area contributed by atoms with Gasteiger partial charge in [0.05, 0.1) is 10.2 Å². The van der Waals surface area contributed by atoms with E-state index in [2.05, 4.69) is 94.4 Å². The molecule has 0 radical (unpaired) electrons. The van der Waals surface area contributed by atoms with Gasteiger partial charge >= 0.3 is 0 Å². The first-order chi connectivity index (χ1) is 12.4. The highest BCUT2D eigenvalue weighted by atomic mass is 32.1. The van der Waals surface area contributed by atoms with Crippen molar-refractivity contribution >= 4 is 21.6 Å². The third kappa shape index (κ3) is 3.06. The quantitative estimate of drug-likeness (QED) is 0.368. The van der Waals surface area contributed by atoms with Crippen LogP contribution in [0.25, 0.3) is 31.9 Å². The number of aromatic nitrogens is 1. The molecule has 1 heterocycles. The van der Waals surface area contributed by atoms with E-state index in [4.69, 9.17) is 4.98 Å². The number of thiazole rings is 1. The highest BCUT2D eigenvalue weighted by Crippen LogP contribution is 2.39. The number of rotatable bonds is 2. The van der Waals surface area contributed by atoms with Crippen molar-refractivity contribution in [2.75, 3.05) is 0 Å². The summed E-state index contributed by atoms with van der Waals surface area (Å²) in [6.45, 7) is 8.96. The van der Waals surface area contributed by atoms with Crippen LogP contribution in [0.3, 0.4) is 0 Å². The summed E-state index contributed by atoms with van der Waals surface area (Å²) in [4.78, 5) is 5.06. The van der Waals surface area contributed by atoms with E-state index in [1.165, 1.54) is 32.5 Å². The van der Waals surface area contributed by atoms with Gasteiger partial charge in [-0.25, -0.2) is 4.98 Å². The topological polar surface area (TPSA) is 12.9 Å². The molecule has 4 aromatic rings. The van der Waals surface area contributed by atoms with E-state index >= 15 is 0 Å². The first-order valence-electron chi connectivity index (χ1n) is 9.00. The molecule has 130 valence electrons. The lowest BCUT2D eigenvalue weighted by Gasteiger charge is -2.20. The molecule has 26 heavy (non-hydrogen) atoms. The van der Waals surface area contributed by atoms with Gasteiger partial charge in [-0.2, -0.15) is 0 Å². The summed E-state index contributed by atoms with van der Waals surface area (Å²) in [5.41, 5.74) is 7.50. The van der Waals surface area contributed by atoms with Crippen LogP contribution in [0.15, 0.2) is 66.7 Å². The zero-order valence-corrected chi connectivity index (χ0v) is 16.5. The Morgan fingerprint density at radius 2 is 1.50 bits per heavy atom. The normalized spacial score (nSPS) is 11.8. The average molecular weight is 358 g/mol. The molecule has 0 N–H and O–H groups in total. The summed E-state index contributed by atoms with van der Waals surface area (Å²) in [6.07, 6.45) is 0. The van der Waals surface area contributed by atoms with Gasteiger partial charge in [-0.3, -0.25) is 0 Å². The minimum Gasteiger partial charge on any atom is -0.235 e. The van der Waals surface area contributed by atoms with E-state index < -0.39 is 0 Å². The average Bonchev–Trinajstić information content (AvgIpc) is 3.05. The summed E-state index contributed by atoms with van der Waals surface area (Å²) in [5, 5.41) is 1.10.